The van der Waals surface area contributed by atoms with Crippen LogP contribution >= 0.6 is 0 Å². The fourth-order valence-corrected chi connectivity index (χ4v) is 2.32. The second kappa shape index (κ2) is 5.82. The lowest BCUT2D eigenvalue weighted by Gasteiger charge is -2.28. The zero-order chi connectivity index (χ0) is 12.1. The molecule has 2 N–H and O–H groups in total. The van der Waals surface area contributed by atoms with Crippen LogP contribution in [0.2, 0.25) is 0 Å². The predicted octanol–water partition coefficient (Wildman–Crippen LogP) is 1.69. The van der Waals surface area contributed by atoms with E-state index in [1.165, 1.54) is 0 Å². The minimum Gasteiger partial charge on any atom is -0.352 e. The monoisotopic (exact) mass is 232 g/mol. The van der Waals surface area contributed by atoms with Crippen LogP contribution in [-0.2, 0) is 11.3 Å². The molecule has 1 saturated heterocycles. The van der Waals surface area contributed by atoms with Crippen LogP contribution in [-0.4, -0.2) is 18.5 Å². The summed E-state index contributed by atoms with van der Waals surface area (Å²) in [5, 5.41) is 6.37. The van der Waals surface area contributed by atoms with E-state index >= 15 is 0 Å². The van der Waals surface area contributed by atoms with E-state index in [0.29, 0.717) is 12.6 Å². The van der Waals surface area contributed by atoms with E-state index < -0.39 is 0 Å². The van der Waals surface area contributed by atoms with Crippen molar-refractivity contribution in [3.63, 3.8) is 0 Å². The van der Waals surface area contributed by atoms with Gasteiger partial charge in [-0.1, -0.05) is 30.3 Å². The molecule has 0 aromatic heterocycles. The molecule has 0 aliphatic carbocycles. The van der Waals surface area contributed by atoms with E-state index in [2.05, 4.69) is 17.6 Å². The Balaban J connectivity index is 1.84. The first-order valence-electron chi connectivity index (χ1n) is 6.32. The number of amides is 1. The molecule has 1 fully saturated rings. The fraction of sp³-hybridized carbons (Fsp3) is 0.500. The van der Waals surface area contributed by atoms with Gasteiger partial charge in [0.05, 0.1) is 5.92 Å². The lowest BCUT2D eigenvalue weighted by Crippen LogP contribution is -2.46. The SMILES string of the molecule is CC1NCCCC1C(=O)NCc1ccccc1. The molecule has 1 aliphatic heterocycles. The van der Waals surface area contributed by atoms with Gasteiger partial charge in [0.25, 0.3) is 0 Å². The van der Waals surface area contributed by atoms with Gasteiger partial charge in [-0.3, -0.25) is 4.79 Å². The van der Waals surface area contributed by atoms with Gasteiger partial charge in [-0.15, -0.1) is 0 Å². The Morgan fingerprint density at radius 3 is 2.88 bits per heavy atom. The highest BCUT2D eigenvalue weighted by atomic mass is 16.1. The molecule has 2 atom stereocenters. The summed E-state index contributed by atoms with van der Waals surface area (Å²) in [5.41, 5.74) is 1.15. The molecule has 2 unspecified atom stereocenters. The second-order valence-electron chi connectivity index (χ2n) is 4.69. The average Bonchev–Trinajstić information content (AvgIpc) is 2.38. The van der Waals surface area contributed by atoms with Crippen molar-refractivity contribution in [1.29, 1.82) is 0 Å². The minimum absolute atomic E-state index is 0.118. The number of piperidine rings is 1. The van der Waals surface area contributed by atoms with E-state index in [1.54, 1.807) is 0 Å². The molecule has 1 amide bonds. The van der Waals surface area contributed by atoms with Crippen molar-refractivity contribution in [1.82, 2.24) is 10.6 Å². The van der Waals surface area contributed by atoms with Crippen molar-refractivity contribution in [2.24, 2.45) is 5.92 Å². The van der Waals surface area contributed by atoms with Gasteiger partial charge < -0.3 is 10.6 Å². The van der Waals surface area contributed by atoms with Crippen molar-refractivity contribution in [3.8, 4) is 0 Å². The number of hydrogen-bond acceptors (Lipinski definition) is 2. The maximum atomic E-state index is 12.0. The summed E-state index contributed by atoms with van der Waals surface area (Å²) in [4.78, 5) is 12.0. The second-order valence-corrected chi connectivity index (χ2v) is 4.69. The first-order valence-corrected chi connectivity index (χ1v) is 6.32. The van der Waals surface area contributed by atoms with Crippen molar-refractivity contribution >= 4 is 5.91 Å². The normalized spacial score (nSPS) is 24.3. The van der Waals surface area contributed by atoms with Gasteiger partial charge in [-0.25, -0.2) is 0 Å². The third kappa shape index (κ3) is 3.30. The summed E-state index contributed by atoms with van der Waals surface area (Å²) in [6.07, 6.45) is 2.09. The number of benzene rings is 1. The van der Waals surface area contributed by atoms with Crippen molar-refractivity contribution in [3.05, 3.63) is 35.9 Å². The highest BCUT2D eigenvalue weighted by Gasteiger charge is 2.26. The summed E-state index contributed by atoms with van der Waals surface area (Å²) < 4.78 is 0. The predicted molar refractivity (Wildman–Crippen MR) is 68.5 cm³/mol. The molecule has 17 heavy (non-hydrogen) atoms. The van der Waals surface area contributed by atoms with E-state index in [4.69, 9.17) is 0 Å². The number of carbonyl (C=O) groups excluding carboxylic acids is 1. The first-order chi connectivity index (χ1) is 8.27. The van der Waals surface area contributed by atoms with Crippen molar-refractivity contribution in [2.75, 3.05) is 6.54 Å². The summed E-state index contributed by atoms with van der Waals surface area (Å²) in [7, 11) is 0. The van der Waals surface area contributed by atoms with Gasteiger partial charge in [-0.2, -0.15) is 0 Å². The molecular formula is C14H20N2O. The van der Waals surface area contributed by atoms with Gasteiger partial charge in [0.15, 0.2) is 0 Å². The maximum absolute atomic E-state index is 12.0. The van der Waals surface area contributed by atoms with Crippen LogP contribution in [0, 0.1) is 5.92 Å². The highest BCUT2D eigenvalue weighted by molar-refractivity contribution is 5.79. The van der Waals surface area contributed by atoms with Crippen LogP contribution < -0.4 is 10.6 Å². The Labute approximate surface area is 103 Å². The number of hydrogen-bond donors (Lipinski definition) is 2. The molecule has 2 rings (SSSR count). The molecule has 3 nitrogen and oxygen atoms in total. The maximum Gasteiger partial charge on any atom is 0.224 e. The van der Waals surface area contributed by atoms with Crippen LogP contribution in [0.4, 0.5) is 0 Å². The highest BCUT2D eigenvalue weighted by Crippen LogP contribution is 2.16. The quantitative estimate of drug-likeness (QED) is 0.832. The molecule has 3 heteroatoms. The Kier molecular flexibility index (Phi) is 4.15. The van der Waals surface area contributed by atoms with Crippen LogP contribution in [0.3, 0.4) is 0 Å². The molecule has 1 aromatic rings. The molecule has 0 radical (unpaired) electrons. The average molecular weight is 232 g/mol. The summed E-state index contributed by atoms with van der Waals surface area (Å²) in [6.45, 7) is 3.75. The van der Waals surface area contributed by atoms with Crippen molar-refractivity contribution < 1.29 is 4.79 Å². The Bertz CT molecular complexity index is 364. The molecule has 0 saturated carbocycles. The van der Waals surface area contributed by atoms with Gasteiger partial charge in [0.2, 0.25) is 5.91 Å². The standard InChI is InChI=1S/C14H20N2O/c1-11-13(8-5-9-15-11)14(17)16-10-12-6-3-2-4-7-12/h2-4,6-7,11,13,15H,5,8-10H2,1H3,(H,16,17). The van der Waals surface area contributed by atoms with Crippen LogP contribution in [0.5, 0.6) is 0 Å². The van der Waals surface area contributed by atoms with E-state index in [-0.39, 0.29) is 11.8 Å². The van der Waals surface area contributed by atoms with E-state index in [1.807, 2.05) is 30.3 Å². The van der Waals surface area contributed by atoms with Gasteiger partial charge in [0.1, 0.15) is 0 Å². The largest absolute Gasteiger partial charge is 0.352 e. The lowest BCUT2D eigenvalue weighted by atomic mass is 9.91. The third-order valence-corrected chi connectivity index (χ3v) is 3.41. The zero-order valence-corrected chi connectivity index (χ0v) is 10.3. The fourth-order valence-electron chi connectivity index (χ4n) is 2.32. The molecule has 1 heterocycles. The lowest BCUT2D eigenvalue weighted by molar-refractivity contribution is -0.126. The van der Waals surface area contributed by atoms with Crippen LogP contribution in [0.1, 0.15) is 25.3 Å². The molecule has 92 valence electrons. The molecule has 0 spiro atoms. The number of nitrogens with one attached hydrogen (secondary N) is 2. The Hall–Kier alpha value is -1.35. The van der Waals surface area contributed by atoms with Gasteiger partial charge >= 0.3 is 0 Å². The minimum atomic E-state index is 0.118. The van der Waals surface area contributed by atoms with Crippen LogP contribution in [0.15, 0.2) is 30.3 Å². The molecule has 0 bridgehead atoms. The summed E-state index contributed by atoms with van der Waals surface area (Å²) in [5.74, 6) is 0.293. The third-order valence-electron chi connectivity index (χ3n) is 3.41. The van der Waals surface area contributed by atoms with Crippen LogP contribution in [0.25, 0.3) is 0 Å². The Morgan fingerprint density at radius 2 is 2.18 bits per heavy atom. The number of rotatable bonds is 3. The summed E-state index contributed by atoms with van der Waals surface area (Å²) in [6, 6.07) is 10.3. The molecular weight excluding hydrogens is 212 g/mol. The van der Waals surface area contributed by atoms with Gasteiger partial charge in [0, 0.05) is 12.6 Å². The first kappa shape index (κ1) is 12.1. The Morgan fingerprint density at radius 1 is 1.41 bits per heavy atom. The molecule has 1 aliphatic rings. The van der Waals surface area contributed by atoms with E-state index in [0.717, 1.165) is 24.9 Å². The topological polar surface area (TPSA) is 41.1 Å². The zero-order valence-electron chi connectivity index (χ0n) is 10.3. The summed E-state index contributed by atoms with van der Waals surface area (Å²) >= 11 is 0. The molecule has 1 aromatic carbocycles. The number of carbonyl (C=O) groups is 1. The van der Waals surface area contributed by atoms with Gasteiger partial charge in [-0.05, 0) is 31.9 Å². The van der Waals surface area contributed by atoms with E-state index in [9.17, 15) is 4.79 Å². The smallest absolute Gasteiger partial charge is 0.224 e. The van der Waals surface area contributed by atoms with Crippen molar-refractivity contribution in [2.45, 2.75) is 32.4 Å².